The molecule has 1 amide bonds. The highest BCUT2D eigenvalue weighted by atomic mass is 16.5. The molecule has 2 saturated heterocycles. The third-order valence-electron chi connectivity index (χ3n) is 4.31. The standard InChI is InChI=1S/C14H25N3O4/c1-13(2,17-6-4-15-5-7-17)12(20)16-9-14(3,10-16)21-8-11(18)19/h15H,4-10H2,1-3H3,(H,18,19). The van der Waals surface area contributed by atoms with Gasteiger partial charge in [-0.15, -0.1) is 0 Å². The summed E-state index contributed by atoms with van der Waals surface area (Å²) in [4.78, 5) is 27.2. The summed E-state index contributed by atoms with van der Waals surface area (Å²) in [7, 11) is 0. The van der Waals surface area contributed by atoms with E-state index < -0.39 is 17.1 Å². The molecule has 120 valence electrons. The van der Waals surface area contributed by atoms with Crippen LogP contribution >= 0.6 is 0 Å². The molecule has 2 rings (SSSR count). The Hall–Kier alpha value is -1.18. The number of hydrogen-bond acceptors (Lipinski definition) is 5. The van der Waals surface area contributed by atoms with Crippen LogP contribution in [0.15, 0.2) is 0 Å². The van der Waals surface area contributed by atoms with Crippen LogP contribution < -0.4 is 5.32 Å². The van der Waals surface area contributed by atoms with Crippen LogP contribution in [-0.2, 0) is 14.3 Å². The number of aliphatic carboxylic acids is 1. The molecule has 0 aromatic rings. The lowest BCUT2D eigenvalue weighted by atomic mass is 9.91. The van der Waals surface area contributed by atoms with Crippen LogP contribution in [0.25, 0.3) is 0 Å². The summed E-state index contributed by atoms with van der Waals surface area (Å²) >= 11 is 0. The Balaban J connectivity index is 1.88. The zero-order valence-corrected chi connectivity index (χ0v) is 13.0. The molecule has 2 heterocycles. The van der Waals surface area contributed by atoms with E-state index in [-0.39, 0.29) is 12.5 Å². The normalized spacial score (nSPS) is 22.7. The quantitative estimate of drug-likeness (QED) is 0.703. The molecule has 2 fully saturated rings. The first-order valence-electron chi connectivity index (χ1n) is 7.35. The first-order chi connectivity index (χ1) is 9.74. The number of nitrogens with one attached hydrogen (secondary N) is 1. The molecule has 2 aliphatic heterocycles. The fraction of sp³-hybridized carbons (Fsp3) is 0.857. The summed E-state index contributed by atoms with van der Waals surface area (Å²) in [5.41, 5.74) is -1.07. The molecule has 7 heteroatoms. The first kappa shape index (κ1) is 16.2. The van der Waals surface area contributed by atoms with Crippen molar-refractivity contribution in [2.24, 2.45) is 0 Å². The fourth-order valence-electron chi connectivity index (χ4n) is 2.98. The second-order valence-corrected chi connectivity index (χ2v) is 6.59. The number of carboxylic acid groups (broad SMARTS) is 1. The second-order valence-electron chi connectivity index (χ2n) is 6.59. The van der Waals surface area contributed by atoms with Crippen LogP contribution in [0.4, 0.5) is 0 Å². The maximum absolute atomic E-state index is 12.7. The summed E-state index contributed by atoms with van der Waals surface area (Å²) in [5.74, 6) is -0.900. The smallest absolute Gasteiger partial charge is 0.329 e. The van der Waals surface area contributed by atoms with Gasteiger partial charge in [0, 0.05) is 26.2 Å². The molecule has 2 N–H and O–H groups in total. The van der Waals surface area contributed by atoms with Crippen molar-refractivity contribution < 1.29 is 19.4 Å². The molecule has 0 spiro atoms. The van der Waals surface area contributed by atoms with Crippen LogP contribution in [0.2, 0.25) is 0 Å². The minimum atomic E-state index is -0.984. The predicted molar refractivity (Wildman–Crippen MR) is 77.1 cm³/mol. The summed E-state index contributed by atoms with van der Waals surface area (Å²) < 4.78 is 5.35. The van der Waals surface area contributed by atoms with Crippen molar-refractivity contribution in [2.45, 2.75) is 31.9 Å². The van der Waals surface area contributed by atoms with Crippen molar-refractivity contribution in [1.29, 1.82) is 0 Å². The Morgan fingerprint density at radius 1 is 1.29 bits per heavy atom. The second kappa shape index (κ2) is 5.90. The number of amides is 1. The van der Waals surface area contributed by atoms with Crippen LogP contribution in [0, 0.1) is 0 Å². The Labute approximate surface area is 125 Å². The van der Waals surface area contributed by atoms with E-state index in [1.54, 1.807) is 4.90 Å². The highest BCUT2D eigenvalue weighted by molar-refractivity contribution is 5.86. The lowest BCUT2D eigenvalue weighted by Crippen LogP contribution is -2.69. The van der Waals surface area contributed by atoms with Crippen molar-refractivity contribution in [2.75, 3.05) is 45.9 Å². The van der Waals surface area contributed by atoms with Gasteiger partial charge in [-0.1, -0.05) is 0 Å². The van der Waals surface area contributed by atoms with Gasteiger partial charge in [-0.2, -0.15) is 0 Å². The van der Waals surface area contributed by atoms with E-state index in [1.165, 1.54) is 0 Å². The van der Waals surface area contributed by atoms with Crippen molar-refractivity contribution in [3.63, 3.8) is 0 Å². The highest BCUT2D eigenvalue weighted by Gasteiger charge is 2.48. The SMILES string of the molecule is CC1(OCC(=O)O)CN(C(=O)C(C)(C)N2CCNCC2)C1. The topological polar surface area (TPSA) is 82.1 Å². The van der Waals surface area contributed by atoms with E-state index >= 15 is 0 Å². The molecular weight excluding hydrogens is 274 g/mol. The number of likely N-dealkylation sites (tertiary alicyclic amines) is 1. The molecule has 21 heavy (non-hydrogen) atoms. The van der Waals surface area contributed by atoms with Gasteiger partial charge in [0.25, 0.3) is 0 Å². The minimum absolute atomic E-state index is 0.0841. The van der Waals surface area contributed by atoms with E-state index in [0.717, 1.165) is 26.2 Å². The van der Waals surface area contributed by atoms with E-state index in [2.05, 4.69) is 10.2 Å². The number of piperazine rings is 1. The molecule has 7 nitrogen and oxygen atoms in total. The highest BCUT2D eigenvalue weighted by Crippen LogP contribution is 2.29. The molecule has 0 saturated carbocycles. The maximum Gasteiger partial charge on any atom is 0.329 e. The van der Waals surface area contributed by atoms with Gasteiger partial charge in [0.15, 0.2) is 0 Å². The monoisotopic (exact) mass is 299 g/mol. The van der Waals surface area contributed by atoms with E-state index in [9.17, 15) is 9.59 Å². The van der Waals surface area contributed by atoms with Gasteiger partial charge in [0.1, 0.15) is 12.2 Å². The molecule has 0 atom stereocenters. The number of carbonyl (C=O) groups excluding carboxylic acids is 1. The van der Waals surface area contributed by atoms with Crippen molar-refractivity contribution in [3.8, 4) is 0 Å². The van der Waals surface area contributed by atoms with E-state index in [1.807, 2.05) is 20.8 Å². The number of carbonyl (C=O) groups is 2. The Morgan fingerprint density at radius 3 is 2.38 bits per heavy atom. The molecule has 2 aliphatic rings. The Morgan fingerprint density at radius 2 is 1.86 bits per heavy atom. The minimum Gasteiger partial charge on any atom is -0.480 e. The summed E-state index contributed by atoms with van der Waals surface area (Å²) in [6.45, 7) is 9.86. The summed E-state index contributed by atoms with van der Waals surface area (Å²) in [6.07, 6.45) is 0. The lowest BCUT2D eigenvalue weighted by Gasteiger charge is -2.51. The van der Waals surface area contributed by atoms with Gasteiger partial charge < -0.3 is 20.1 Å². The zero-order valence-electron chi connectivity index (χ0n) is 13.0. The van der Waals surface area contributed by atoms with Gasteiger partial charge in [-0.25, -0.2) is 4.79 Å². The van der Waals surface area contributed by atoms with Crippen LogP contribution in [-0.4, -0.2) is 83.8 Å². The van der Waals surface area contributed by atoms with Gasteiger partial charge in [0.05, 0.1) is 18.6 Å². The van der Waals surface area contributed by atoms with Crippen molar-refractivity contribution in [1.82, 2.24) is 15.1 Å². The third kappa shape index (κ3) is 3.53. The van der Waals surface area contributed by atoms with E-state index in [0.29, 0.717) is 13.1 Å². The largest absolute Gasteiger partial charge is 0.480 e. The molecular formula is C14H25N3O4. The summed E-state index contributed by atoms with van der Waals surface area (Å²) in [5, 5.41) is 11.9. The van der Waals surface area contributed by atoms with Crippen molar-refractivity contribution >= 4 is 11.9 Å². The van der Waals surface area contributed by atoms with Crippen LogP contribution in [0.1, 0.15) is 20.8 Å². The first-order valence-corrected chi connectivity index (χ1v) is 7.35. The van der Waals surface area contributed by atoms with Crippen LogP contribution in [0.3, 0.4) is 0 Å². The number of rotatable bonds is 5. The number of carboxylic acids is 1. The average molecular weight is 299 g/mol. The third-order valence-corrected chi connectivity index (χ3v) is 4.31. The molecule has 0 aromatic carbocycles. The fourth-order valence-corrected chi connectivity index (χ4v) is 2.98. The van der Waals surface area contributed by atoms with Crippen LogP contribution in [0.5, 0.6) is 0 Å². The van der Waals surface area contributed by atoms with Gasteiger partial charge in [-0.3, -0.25) is 9.69 Å². The number of hydrogen-bond donors (Lipinski definition) is 2. The van der Waals surface area contributed by atoms with Gasteiger partial charge >= 0.3 is 5.97 Å². The molecule has 0 aromatic heterocycles. The number of ether oxygens (including phenoxy) is 1. The molecule has 0 aliphatic carbocycles. The summed E-state index contributed by atoms with van der Waals surface area (Å²) in [6, 6.07) is 0. The molecule has 0 unspecified atom stereocenters. The Bertz CT molecular complexity index is 412. The Kier molecular flexibility index (Phi) is 4.55. The predicted octanol–water partition coefficient (Wildman–Crippen LogP) is -0.628. The maximum atomic E-state index is 12.7. The van der Waals surface area contributed by atoms with Gasteiger partial charge in [-0.05, 0) is 20.8 Å². The molecule has 0 bridgehead atoms. The average Bonchev–Trinajstić information content (AvgIpc) is 2.42. The molecule has 0 radical (unpaired) electrons. The van der Waals surface area contributed by atoms with Crippen molar-refractivity contribution in [3.05, 3.63) is 0 Å². The van der Waals surface area contributed by atoms with Gasteiger partial charge in [0.2, 0.25) is 5.91 Å². The van der Waals surface area contributed by atoms with E-state index in [4.69, 9.17) is 9.84 Å². The number of nitrogens with zero attached hydrogens (tertiary/aromatic N) is 2. The zero-order chi connectivity index (χ0) is 15.7. The lowest BCUT2D eigenvalue weighted by molar-refractivity contribution is -0.179.